The van der Waals surface area contributed by atoms with Crippen LogP contribution >= 0.6 is 0 Å². The van der Waals surface area contributed by atoms with Gasteiger partial charge in [-0.2, -0.15) is 0 Å². The SMILES string of the molecule is COc1ccc(C[S+]([O-])C=Cc2ccc(OC)c(C)c2OC)cc1. The minimum atomic E-state index is -1.11. The first-order chi connectivity index (χ1) is 11.6. The van der Waals surface area contributed by atoms with Crippen LogP contribution in [0.3, 0.4) is 0 Å². The molecular formula is C19H22O4S. The molecule has 0 heterocycles. The average Bonchev–Trinajstić information content (AvgIpc) is 2.60. The molecule has 2 aromatic rings. The average molecular weight is 346 g/mol. The molecule has 1 atom stereocenters. The molecule has 0 radical (unpaired) electrons. The monoisotopic (exact) mass is 346 g/mol. The molecule has 4 nitrogen and oxygen atoms in total. The van der Waals surface area contributed by atoms with Crippen molar-refractivity contribution < 1.29 is 18.8 Å². The fourth-order valence-corrected chi connectivity index (χ4v) is 3.32. The molecular weight excluding hydrogens is 324 g/mol. The number of rotatable bonds is 7. The first-order valence-electron chi connectivity index (χ1n) is 7.49. The third-order valence-electron chi connectivity index (χ3n) is 3.68. The smallest absolute Gasteiger partial charge is 0.135 e. The molecule has 0 aliphatic carbocycles. The molecule has 0 saturated heterocycles. The van der Waals surface area contributed by atoms with Crippen LogP contribution in [0.15, 0.2) is 41.8 Å². The Morgan fingerprint density at radius 1 is 0.958 bits per heavy atom. The Hall–Kier alpha value is -2.11. The minimum absolute atomic E-state index is 0.456. The number of ether oxygens (including phenoxy) is 3. The largest absolute Gasteiger partial charge is 0.612 e. The molecule has 0 aliphatic heterocycles. The van der Waals surface area contributed by atoms with E-state index in [2.05, 4.69) is 0 Å². The van der Waals surface area contributed by atoms with Crippen LogP contribution in [0.1, 0.15) is 16.7 Å². The van der Waals surface area contributed by atoms with E-state index in [0.29, 0.717) is 5.75 Å². The van der Waals surface area contributed by atoms with Crippen LogP contribution in [0.25, 0.3) is 6.08 Å². The van der Waals surface area contributed by atoms with E-state index in [-0.39, 0.29) is 0 Å². The number of hydrogen-bond acceptors (Lipinski definition) is 4. The van der Waals surface area contributed by atoms with Crippen LogP contribution in [0.4, 0.5) is 0 Å². The first kappa shape index (κ1) is 18.2. The molecule has 0 aliphatic rings. The number of hydrogen-bond donors (Lipinski definition) is 0. The summed E-state index contributed by atoms with van der Waals surface area (Å²) in [5.74, 6) is 2.74. The quantitative estimate of drug-likeness (QED) is 0.713. The predicted octanol–water partition coefficient (Wildman–Crippen LogP) is 3.94. The summed E-state index contributed by atoms with van der Waals surface area (Å²) >= 11 is -1.11. The van der Waals surface area contributed by atoms with E-state index in [1.165, 1.54) is 0 Å². The Labute approximate surface area is 146 Å². The second-order valence-electron chi connectivity index (χ2n) is 5.19. The third-order valence-corrected chi connectivity index (χ3v) is 4.74. The van der Waals surface area contributed by atoms with E-state index in [1.807, 2.05) is 49.4 Å². The zero-order valence-electron chi connectivity index (χ0n) is 14.4. The molecule has 5 heteroatoms. The molecule has 0 spiro atoms. The molecule has 0 aromatic heterocycles. The third kappa shape index (κ3) is 4.46. The van der Waals surface area contributed by atoms with Crippen molar-refractivity contribution in [2.45, 2.75) is 12.7 Å². The molecule has 0 fully saturated rings. The van der Waals surface area contributed by atoms with Gasteiger partial charge in [0.1, 0.15) is 28.4 Å². The van der Waals surface area contributed by atoms with E-state index < -0.39 is 11.2 Å². The summed E-state index contributed by atoms with van der Waals surface area (Å²) in [6.45, 7) is 1.93. The number of methoxy groups -OCH3 is 3. The Kier molecular flexibility index (Phi) is 6.58. The van der Waals surface area contributed by atoms with Gasteiger partial charge in [0.25, 0.3) is 0 Å². The fourth-order valence-electron chi connectivity index (χ4n) is 2.40. The van der Waals surface area contributed by atoms with Crippen molar-refractivity contribution in [3.63, 3.8) is 0 Å². The van der Waals surface area contributed by atoms with Crippen LogP contribution < -0.4 is 14.2 Å². The van der Waals surface area contributed by atoms with Crippen molar-refractivity contribution in [1.29, 1.82) is 0 Å². The lowest BCUT2D eigenvalue weighted by atomic mass is 10.1. The van der Waals surface area contributed by atoms with Crippen LogP contribution in [0.2, 0.25) is 0 Å². The van der Waals surface area contributed by atoms with Gasteiger partial charge in [-0.25, -0.2) is 0 Å². The molecule has 128 valence electrons. The standard InChI is InChI=1S/C19H22O4S/c1-14-18(22-3)10-7-16(19(14)23-4)11-12-24(20)13-15-5-8-17(21-2)9-6-15/h5-12H,13H2,1-4H3. The van der Waals surface area contributed by atoms with Gasteiger partial charge >= 0.3 is 0 Å². The van der Waals surface area contributed by atoms with Crippen molar-refractivity contribution >= 4 is 17.3 Å². The van der Waals surface area contributed by atoms with E-state index in [9.17, 15) is 4.55 Å². The maximum Gasteiger partial charge on any atom is 0.135 e. The van der Waals surface area contributed by atoms with Gasteiger partial charge in [-0.3, -0.25) is 0 Å². The van der Waals surface area contributed by atoms with Crippen molar-refractivity contribution in [2.75, 3.05) is 21.3 Å². The van der Waals surface area contributed by atoms with Crippen LogP contribution in [0, 0.1) is 6.92 Å². The summed E-state index contributed by atoms with van der Waals surface area (Å²) < 4.78 is 28.1. The molecule has 24 heavy (non-hydrogen) atoms. The van der Waals surface area contributed by atoms with Crippen molar-refractivity contribution in [3.8, 4) is 17.2 Å². The van der Waals surface area contributed by atoms with E-state index >= 15 is 0 Å². The maximum absolute atomic E-state index is 12.3. The minimum Gasteiger partial charge on any atom is -0.612 e. The van der Waals surface area contributed by atoms with Gasteiger partial charge in [0.05, 0.1) is 21.3 Å². The van der Waals surface area contributed by atoms with Gasteiger partial charge in [0.15, 0.2) is 0 Å². The zero-order chi connectivity index (χ0) is 17.5. The molecule has 0 amide bonds. The van der Waals surface area contributed by atoms with Gasteiger partial charge in [-0.05, 0) is 48.4 Å². The summed E-state index contributed by atoms with van der Waals surface area (Å²) in [5.41, 5.74) is 2.79. The Morgan fingerprint density at radius 2 is 1.67 bits per heavy atom. The highest BCUT2D eigenvalue weighted by Gasteiger charge is 2.11. The van der Waals surface area contributed by atoms with Gasteiger partial charge in [0, 0.05) is 16.7 Å². The molecule has 2 aromatic carbocycles. The second kappa shape index (κ2) is 8.66. The summed E-state index contributed by atoms with van der Waals surface area (Å²) in [6.07, 6.45) is 1.82. The lowest BCUT2D eigenvalue weighted by molar-refractivity contribution is 0.388. The van der Waals surface area contributed by atoms with Gasteiger partial charge in [-0.1, -0.05) is 12.1 Å². The van der Waals surface area contributed by atoms with Gasteiger partial charge in [0.2, 0.25) is 0 Å². The van der Waals surface area contributed by atoms with Crippen molar-refractivity contribution in [3.05, 3.63) is 58.5 Å². The molecule has 2 rings (SSSR count). The molecule has 0 saturated carbocycles. The van der Waals surface area contributed by atoms with E-state index in [4.69, 9.17) is 14.2 Å². The zero-order valence-corrected chi connectivity index (χ0v) is 15.2. The predicted molar refractivity (Wildman–Crippen MR) is 98.2 cm³/mol. The lowest BCUT2D eigenvalue weighted by Crippen LogP contribution is -2.00. The fraction of sp³-hybridized carbons (Fsp3) is 0.263. The maximum atomic E-state index is 12.3. The summed E-state index contributed by atoms with van der Waals surface area (Å²) in [7, 11) is 4.87. The second-order valence-corrected chi connectivity index (χ2v) is 6.51. The molecule has 1 unspecified atom stereocenters. The van der Waals surface area contributed by atoms with Gasteiger partial charge < -0.3 is 18.8 Å². The summed E-state index contributed by atoms with van der Waals surface area (Å²) in [6, 6.07) is 11.3. The highest BCUT2D eigenvalue weighted by molar-refractivity contribution is 7.93. The Morgan fingerprint density at radius 3 is 2.25 bits per heavy atom. The highest BCUT2D eigenvalue weighted by Crippen LogP contribution is 2.32. The summed E-state index contributed by atoms with van der Waals surface area (Å²) in [4.78, 5) is 0. The van der Waals surface area contributed by atoms with Crippen molar-refractivity contribution in [2.24, 2.45) is 0 Å². The van der Waals surface area contributed by atoms with Gasteiger partial charge in [-0.15, -0.1) is 0 Å². The van der Waals surface area contributed by atoms with Crippen LogP contribution in [0.5, 0.6) is 17.2 Å². The topological polar surface area (TPSA) is 50.8 Å². The summed E-state index contributed by atoms with van der Waals surface area (Å²) in [5, 5.41) is 1.69. The Balaban J connectivity index is 2.10. The molecule has 0 bridgehead atoms. The molecule has 0 N–H and O–H groups in total. The van der Waals surface area contributed by atoms with Crippen LogP contribution in [-0.4, -0.2) is 25.9 Å². The normalized spacial score (nSPS) is 12.2. The highest BCUT2D eigenvalue weighted by atomic mass is 32.2. The Bertz CT molecular complexity index is 695. The van der Waals surface area contributed by atoms with Crippen molar-refractivity contribution in [1.82, 2.24) is 0 Å². The number of benzene rings is 2. The first-order valence-corrected chi connectivity index (χ1v) is 8.87. The lowest BCUT2D eigenvalue weighted by Gasteiger charge is -2.12. The van der Waals surface area contributed by atoms with E-state index in [1.54, 1.807) is 26.7 Å². The van der Waals surface area contributed by atoms with E-state index in [0.717, 1.165) is 33.9 Å². The van der Waals surface area contributed by atoms with Crippen LogP contribution in [-0.2, 0) is 16.9 Å².